The number of aromatic nitrogens is 6. The lowest BCUT2D eigenvalue weighted by molar-refractivity contribution is 0.0746. The zero-order valence-electron chi connectivity index (χ0n) is 21.4. The number of hydrogen-bond donors (Lipinski definition) is 0. The van der Waals surface area contributed by atoms with Crippen molar-refractivity contribution in [2.24, 2.45) is 12.0 Å². The summed E-state index contributed by atoms with van der Waals surface area (Å²) in [6.07, 6.45) is 16.2. The minimum atomic E-state index is -0.0426. The van der Waals surface area contributed by atoms with E-state index in [1.807, 2.05) is 47.3 Å². The van der Waals surface area contributed by atoms with E-state index in [2.05, 4.69) is 49.8 Å². The molecule has 192 valence electrons. The Labute approximate surface area is 225 Å². The van der Waals surface area contributed by atoms with Gasteiger partial charge < -0.3 is 9.80 Å². The lowest BCUT2D eigenvalue weighted by Crippen LogP contribution is -2.49. The summed E-state index contributed by atoms with van der Waals surface area (Å²) >= 11 is 0. The zero-order chi connectivity index (χ0) is 26.9. The van der Waals surface area contributed by atoms with Crippen LogP contribution in [0.4, 0.5) is 11.5 Å². The summed E-state index contributed by atoms with van der Waals surface area (Å²) in [6.45, 7) is 6.27. The number of anilines is 1. The lowest BCUT2D eigenvalue weighted by atomic mass is 10.0. The van der Waals surface area contributed by atoms with Gasteiger partial charge in [0, 0.05) is 80.3 Å². The normalized spacial score (nSPS) is 13.4. The molecule has 1 fully saturated rings. The Balaban J connectivity index is 1.22. The first kappa shape index (κ1) is 24.1. The van der Waals surface area contributed by atoms with E-state index < -0.39 is 0 Å². The minimum Gasteiger partial charge on any atom is -0.353 e. The predicted molar refractivity (Wildman–Crippen MR) is 150 cm³/mol. The van der Waals surface area contributed by atoms with Crippen LogP contribution in [0.15, 0.2) is 72.5 Å². The van der Waals surface area contributed by atoms with E-state index in [0.29, 0.717) is 43.1 Å². The zero-order valence-corrected chi connectivity index (χ0v) is 21.4. The number of carbonyl (C=O) groups excluding carboxylic acids is 1. The maximum atomic E-state index is 12.9. The molecule has 0 radical (unpaired) electrons. The number of hydrogen-bond acceptors (Lipinski definition) is 7. The van der Waals surface area contributed by atoms with Gasteiger partial charge >= 0.3 is 0 Å². The van der Waals surface area contributed by atoms with E-state index >= 15 is 0 Å². The third-order valence-corrected chi connectivity index (χ3v) is 6.91. The summed E-state index contributed by atoms with van der Waals surface area (Å²) < 4.78 is 3.59. The third kappa shape index (κ3) is 4.51. The first-order valence-electron chi connectivity index (χ1n) is 12.4. The Morgan fingerprint density at radius 2 is 1.79 bits per heavy atom. The Bertz CT molecular complexity index is 1720. The maximum Gasteiger partial charge on any atom is 0.255 e. The molecule has 5 aromatic heterocycles. The summed E-state index contributed by atoms with van der Waals surface area (Å²) in [5.41, 5.74) is 6.49. The van der Waals surface area contributed by atoms with Crippen LogP contribution in [0.1, 0.15) is 16.1 Å². The van der Waals surface area contributed by atoms with E-state index in [-0.39, 0.29) is 5.91 Å². The standard InChI is InChI=1S/C29H25N9O/c1-4-24-7-5-21(15-31-24)29(39)37-11-9-36(10-12-37)27-8-6-20(14-32-27)25-13-22(23-16-33-35(3)18-23)19-38-28(25)26(30-2)17-34-38/h1,5-8,13-19H,2,9-12H2,3H3. The number of fused-ring (bicyclic) bond motifs is 1. The molecule has 10 heteroatoms. The summed E-state index contributed by atoms with van der Waals surface area (Å²) in [5.74, 6) is 3.29. The molecular weight excluding hydrogens is 490 g/mol. The topological polar surface area (TPSA) is 96.8 Å². The number of piperazine rings is 1. The van der Waals surface area contributed by atoms with Gasteiger partial charge in [-0.1, -0.05) is 5.92 Å². The van der Waals surface area contributed by atoms with Crippen molar-refractivity contribution in [2.75, 3.05) is 31.1 Å². The van der Waals surface area contributed by atoms with Crippen molar-refractivity contribution < 1.29 is 4.79 Å². The molecule has 6 heterocycles. The molecule has 0 spiro atoms. The van der Waals surface area contributed by atoms with Gasteiger partial charge in [0.2, 0.25) is 0 Å². The van der Waals surface area contributed by atoms with Gasteiger partial charge in [-0.05, 0) is 37.0 Å². The molecule has 39 heavy (non-hydrogen) atoms. The van der Waals surface area contributed by atoms with Gasteiger partial charge in [-0.15, -0.1) is 6.42 Å². The number of rotatable bonds is 5. The van der Waals surface area contributed by atoms with Gasteiger partial charge in [0.1, 0.15) is 17.2 Å². The molecular formula is C29H25N9O. The van der Waals surface area contributed by atoms with Gasteiger partial charge in [-0.3, -0.25) is 14.5 Å². The maximum absolute atomic E-state index is 12.9. The first-order valence-corrected chi connectivity index (χ1v) is 12.4. The second kappa shape index (κ2) is 9.87. The third-order valence-electron chi connectivity index (χ3n) is 6.91. The molecule has 5 aromatic rings. The van der Waals surface area contributed by atoms with Crippen molar-refractivity contribution in [3.05, 3.63) is 78.8 Å². The Hall–Kier alpha value is -5.30. The second-order valence-electron chi connectivity index (χ2n) is 9.29. The minimum absolute atomic E-state index is 0.0426. The molecule has 1 saturated heterocycles. The smallest absolute Gasteiger partial charge is 0.255 e. The van der Waals surface area contributed by atoms with E-state index in [0.717, 1.165) is 33.6 Å². The van der Waals surface area contributed by atoms with Crippen LogP contribution in [-0.4, -0.2) is 73.1 Å². The van der Waals surface area contributed by atoms with Crippen molar-refractivity contribution in [3.63, 3.8) is 0 Å². The van der Waals surface area contributed by atoms with Crippen LogP contribution in [0.5, 0.6) is 0 Å². The molecule has 0 aromatic carbocycles. The number of terminal acetylenes is 1. The van der Waals surface area contributed by atoms with Crippen LogP contribution in [0.3, 0.4) is 0 Å². The molecule has 1 aliphatic heterocycles. The van der Waals surface area contributed by atoms with Crippen LogP contribution >= 0.6 is 0 Å². The number of aryl methyl sites for hydroxylation is 1. The number of aliphatic imine (C=N–C) groups is 1. The highest BCUT2D eigenvalue weighted by atomic mass is 16.2. The van der Waals surface area contributed by atoms with Gasteiger partial charge in [0.05, 0.1) is 23.5 Å². The number of amides is 1. The molecule has 0 N–H and O–H groups in total. The summed E-state index contributed by atoms with van der Waals surface area (Å²) in [4.78, 5) is 30.0. The second-order valence-corrected chi connectivity index (χ2v) is 9.29. The molecule has 0 bridgehead atoms. The molecule has 1 aliphatic rings. The molecule has 0 unspecified atom stereocenters. The fraction of sp³-hybridized carbons (Fsp3) is 0.172. The first-order chi connectivity index (χ1) is 19.0. The highest BCUT2D eigenvalue weighted by Gasteiger charge is 2.23. The quantitative estimate of drug-likeness (QED) is 0.263. The summed E-state index contributed by atoms with van der Waals surface area (Å²) in [6, 6.07) is 9.59. The number of nitrogens with zero attached hydrogens (tertiary/aromatic N) is 9. The molecule has 0 saturated carbocycles. The Morgan fingerprint density at radius 1 is 0.949 bits per heavy atom. The van der Waals surface area contributed by atoms with Crippen LogP contribution in [0.2, 0.25) is 0 Å². The fourth-order valence-electron chi connectivity index (χ4n) is 4.83. The van der Waals surface area contributed by atoms with Gasteiger partial charge in [0.25, 0.3) is 5.91 Å². The van der Waals surface area contributed by atoms with E-state index in [1.165, 1.54) is 6.20 Å². The highest BCUT2D eigenvalue weighted by Crippen LogP contribution is 2.35. The SMILES string of the molecule is C#Cc1ccc(C(=O)N2CCN(c3ccc(-c4cc(-c5cnn(C)c5)cn5ncc(N=C)c45)cn3)CC2)cn1. The van der Waals surface area contributed by atoms with Gasteiger partial charge in [-0.25, -0.2) is 14.5 Å². The lowest BCUT2D eigenvalue weighted by Gasteiger charge is -2.35. The monoisotopic (exact) mass is 515 g/mol. The van der Waals surface area contributed by atoms with Gasteiger partial charge in [-0.2, -0.15) is 10.2 Å². The molecule has 1 amide bonds. The fourth-order valence-corrected chi connectivity index (χ4v) is 4.83. The van der Waals surface area contributed by atoms with Crippen LogP contribution in [0.25, 0.3) is 27.8 Å². The molecule has 0 atom stereocenters. The average Bonchev–Trinajstić information content (AvgIpc) is 3.62. The largest absolute Gasteiger partial charge is 0.353 e. The Kier molecular flexibility index (Phi) is 6.09. The van der Waals surface area contributed by atoms with E-state index in [4.69, 9.17) is 11.4 Å². The molecule has 6 rings (SSSR count). The number of pyridine rings is 3. The molecule has 10 nitrogen and oxygen atoms in total. The highest BCUT2D eigenvalue weighted by molar-refractivity contribution is 5.94. The van der Waals surface area contributed by atoms with E-state index in [9.17, 15) is 4.79 Å². The summed E-state index contributed by atoms with van der Waals surface area (Å²) in [5, 5.41) is 8.80. The Morgan fingerprint density at radius 3 is 2.44 bits per heavy atom. The summed E-state index contributed by atoms with van der Waals surface area (Å²) in [7, 11) is 1.89. The van der Waals surface area contributed by atoms with Crippen LogP contribution in [0, 0.1) is 12.3 Å². The van der Waals surface area contributed by atoms with Crippen molar-refractivity contribution in [2.45, 2.75) is 0 Å². The van der Waals surface area contributed by atoms with E-state index in [1.54, 1.807) is 23.0 Å². The average molecular weight is 516 g/mol. The van der Waals surface area contributed by atoms with Crippen molar-refractivity contribution >= 4 is 29.6 Å². The van der Waals surface area contributed by atoms with Crippen LogP contribution < -0.4 is 4.90 Å². The van der Waals surface area contributed by atoms with Crippen molar-refractivity contribution in [1.29, 1.82) is 0 Å². The van der Waals surface area contributed by atoms with Gasteiger partial charge in [0.15, 0.2) is 0 Å². The van der Waals surface area contributed by atoms with Crippen molar-refractivity contribution in [3.8, 4) is 34.6 Å². The predicted octanol–water partition coefficient (Wildman–Crippen LogP) is 3.47. The molecule has 0 aliphatic carbocycles. The van der Waals surface area contributed by atoms with Crippen LogP contribution in [-0.2, 0) is 7.05 Å². The number of carbonyl (C=O) groups is 1. The van der Waals surface area contributed by atoms with Crippen molar-refractivity contribution in [1.82, 2.24) is 34.3 Å².